The van der Waals surface area contributed by atoms with Gasteiger partial charge in [0.2, 0.25) is 0 Å². The number of aryl methyl sites for hydroxylation is 1. The third-order valence-corrected chi connectivity index (χ3v) is 5.31. The Hall–Kier alpha value is -4.13. The first-order valence-corrected chi connectivity index (χ1v) is 10.5. The summed E-state index contributed by atoms with van der Waals surface area (Å²) in [6.45, 7) is 3.94. The third-order valence-electron chi connectivity index (χ3n) is 5.31. The largest absolute Gasteiger partial charge is 0.331 e. The van der Waals surface area contributed by atoms with E-state index in [0.717, 1.165) is 16.8 Å². The molecule has 2 heterocycles. The molecule has 0 fully saturated rings. The molecule has 162 valence electrons. The quantitative estimate of drug-likeness (QED) is 0.397. The van der Waals surface area contributed by atoms with Crippen molar-refractivity contribution in [2.45, 2.75) is 26.3 Å². The van der Waals surface area contributed by atoms with E-state index in [1.807, 2.05) is 86.8 Å². The van der Waals surface area contributed by atoms with E-state index in [0.29, 0.717) is 23.4 Å². The number of benzene rings is 2. The monoisotopic (exact) mass is 427 g/mol. The summed E-state index contributed by atoms with van der Waals surface area (Å²) in [5.41, 5.74) is 4.43. The number of carbonyl (C=O) groups excluding carboxylic acids is 2. The molecular formula is C25H25N5O2. The minimum absolute atomic E-state index is 0.203. The van der Waals surface area contributed by atoms with Crippen LogP contribution in [-0.4, -0.2) is 21.3 Å². The topological polar surface area (TPSA) is 87.5 Å². The number of nitrogens with zero attached hydrogens (tertiary/aromatic N) is 2. The number of urea groups is 1. The molecule has 0 aliphatic rings. The first-order valence-electron chi connectivity index (χ1n) is 10.5. The molecule has 2 aromatic heterocycles. The van der Waals surface area contributed by atoms with Crippen LogP contribution in [0.15, 0.2) is 79.1 Å². The summed E-state index contributed by atoms with van der Waals surface area (Å²) in [6.07, 6.45) is 4.07. The van der Waals surface area contributed by atoms with Crippen LogP contribution in [-0.2, 0) is 0 Å². The minimum Gasteiger partial charge on any atom is -0.331 e. The number of hydrogen-bond donors (Lipinski definition) is 3. The predicted molar refractivity (Wildman–Crippen MR) is 126 cm³/mol. The number of hydrogen-bond acceptors (Lipinski definition) is 3. The summed E-state index contributed by atoms with van der Waals surface area (Å²) in [7, 11) is 0. The Morgan fingerprint density at radius 2 is 1.78 bits per heavy atom. The lowest BCUT2D eigenvalue weighted by atomic mass is 10.0. The summed E-state index contributed by atoms with van der Waals surface area (Å²) >= 11 is 0. The van der Waals surface area contributed by atoms with Crippen molar-refractivity contribution in [1.29, 1.82) is 0 Å². The lowest BCUT2D eigenvalue weighted by Crippen LogP contribution is -2.32. The van der Waals surface area contributed by atoms with E-state index < -0.39 is 0 Å². The minimum atomic E-state index is -0.278. The number of nitrogens with one attached hydrogen (secondary N) is 3. The fourth-order valence-corrected chi connectivity index (χ4v) is 3.55. The van der Waals surface area contributed by atoms with Crippen molar-refractivity contribution in [3.63, 3.8) is 0 Å². The van der Waals surface area contributed by atoms with Gasteiger partial charge in [0, 0.05) is 17.6 Å². The van der Waals surface area contributed by atoms with Gasteiger partial charge in [0.05, 0.1) is 12.2 Å². The Morgan fingerprint density at radius 3 is 2.56 bits per heavy atom. The number of imidazole rings is 1. The van der Waals surface area contributed by atoms with Crippen molar-refractivity contribution in [1.82, 2.24) is 14.7 Å². The molecule has 0 bridgehead atoms. The van der Waals surface area contributed by atoms with Crippen LogP contribution in [0.4, 0.5) is 16.2 Å². The zero-order valence-electron chi connectivity index (χ0n) is 18.0. The van der Waals surface area contributed by atoms with Crippen LogP contribution >= 0.6 is 0 Å². The molecule has 0 aliphatic heterocycles. The summed E-state index contributed by atoms with van der Waals surface area (Å²) < 4.78 is 1.75. The molecule has 0 unspecified atom stereocenters. The third kappa shape index (κ3) is 4.62. The van der Waals surface area contributed by atoms with Gasteiger partial charge >= 0.3 is 6.03 Å². The smallest absolute Gasteiger partial charge is 0.319 e. The van der Waals surface area contributed by atoms with Gasteiger partial charge in [-0.25, -0.2) is 9.78 Å². The highest BCUT2D eigenvalue weighted by molar-refractivity contribution is 6.04. The molecule has 0 saturated heterocycles. The normalized spacial score (nSPS) is 11.7. The number of aromatic nitrogens is 2. The van der Waals surface area contributed by atoms with Crippen molar-refractivity contribution in [2.24, 2.45) is 0 Å². The average molecular weight is 428 g/mol. The van der Waals surface area contributed by atoms with Gasteiger partial charge in [0.1, 0.15) is 11.3 Å². The van der Waals surface area contributed by atoms with Crippen molar-refractivity contribution < 1.29 is 9.59 Å². The van der Waals surface area contributed by atoms with Gasteiger partial charge in [-0.2, -0.15) is 0 Å². The highest BCUT2D eigenvalue weighted by atomic mass is 16.2. The molecule has 3 N–H and O–H groups in total. The summed E-state index contributed by atoms with van der Waals surface area (Å²) in [6, 6.07) is 20.2. The molecule has 0 aliphatic carbocycles. The van der Waals surface area contributed by atoms with E-state index in [1.54, 1.807) is 10.6 Å². The van der Waals surface area contributed by atoms with Gasteiger partial charge in [-0.1, -0.05) is 43.3 Å². The molecule has 32 heavy (non-hydrogen) atoms. The second-order valence-electron chi connectivity index (χ2n) is 7.53. The summed E-state index contributed by atoms with van der Waals surface area (Å²) in [4.78, 5) is 29.7. The summed E-state index contributed by atoms with van der Waals surface area (Å²) in [5, 5.41) is 8.84. The van der Waals surface area contributed by atoms with Gasteiger partial charge in [-0.15, -0.1) is 0 Å². The standard InChI is InChI=1S/C25H25N5O2/c1-3-20(29-25(32)27-19-9-5-4-6-10-19)18-13-12-17(2)21(15-18)28-24(31)22-16-26-23-11-7-8-14-30(22)23/h4-16,20H,3H2,1-2H3,(H,28,31)(H2,27,29,32)/t20-/m1/s1. The molecule has 1 atom stereocenters. The van der Waals surface area contributed by atoms with Crippen LogP contribution in [0.5, 0.6) is 0 Å². The van der Waals surface area contributed by atoms with Crippen molar-refractivity contribution in [2.75, 3.05) is 10.6 Å². The van der Waals surface area contributed by atoms with Crippen LogP contribution in [0.2, 0.25) is 0 Å². The van der Waals surface area contributed by atoms with Crippen LogP contribution in [0.1, 0.15) is 41.0 Å². The number of para-hydroxylation sites is 1. The Kier molecular flexibility index (Phi) is 6.17. The van der Waals surface area contributed by atoms with Crippen LogP contribution in [0, 0.1) is 6.92 Å². The molecule has 4 rings (SSSR count). The number of fused-ring (bicyclic) bond motifs is 1. The Bertz CT molecular complexity index is 1250. The summed E-state index contributed by atoms with van der Waals surface area (Å²) in [5.74, 6) is -0.244. The van der Waals surface area contributed by atoms with Crippen molar-refractivity contribution in [3.05, 3.63) is 95.9 Å². The van der Waals surface area contributed by atoms with Crippen molar-refractivity contribution in [3.8, 4) is 0 Å². The molecular weight excluding hydrogens is 402 g/mol. The Balaban J connectivity index is 1.50. The Labute approximate surface area is 186 Å². The van der Waals surface area contributed by atoms with Crippen LogP contribution in [0.3, 0.4) is 0 Å². The van der Waals surface area contributed by atoms with Crippen LogP contribution < -0.4 is 16.0 Å². The molecule has 0 spiro atoms. The molecule has 3 amide bonds. The molecule has 7 heteroatoms. The fourth-order valence-electron chi connectivity index (χ4n) is 3.55. The number of rotatable bonds is 6. The highest BCUT2D eigenvalue weighted by Gasteiger charge is 2.17. The second-order valence-corrected chi connectivity index (χ2v) is 7.53. The van der Waals surface area contributed by atoms with Gasteiger partial charge in [-0.3, -0.25) is 9.20 Å². The zero-order valence-corrected chi connectivity index (χ0v) is 18.0. The lowest BCUT2D eigenvalue weighted by molar-refractivity contribution is 0.102. The fraction of sp³-hybridized carbons (Fsp3) is 0.160. The van der Waals surface area contributed by atoms with Gasteiger partial charge in [0.15, 0.2) is 0 Å². The average Bonchev–Trinajstić information content (AvgIpc) is 3.24. The Morgan fingerprint density at radius 1 is 1.00 bits per heavy atom. The number of anilines is 2. The number of pyridine rings is 1. The maximum Gasteiger partial charge on any atom is 0.319 e. The van der Waals surface area contributed by atoms with Gasteiger partial charge < -0.3 is 16.0 Å². The van der Waals surface area contributed by atoms with Gasteiger partial charge in [-0.05, 0) is 54.8 Å². The molecule has 4 aromatic rings. The van der Waals surface area contributed by atoms with Crippen molar-refractivity contribution >= 4 is 29.0 Å². The number of carbonyl (C=O) groups is 2. The van der Waals surface area contributed by atoms with E-state index in [9.17, 15) is 9.59 Å². The maximum absolute atomic E-state index is 12.9. The lowest BCUT2D eigenvalue weighted by Gasteiger charge is -2.20. The first kappa shape index (κ1) is 21.1. The van der Waals surface area contributed by atoms with Gasteiger partial charge in [0.25, 0.3) is 5.91 Å². The molecule has 2 aromatic carbocycles. The molecule has 7 nitrogen and oxygen atoms in total. The SMILES string of the molecule is CC[C@@H](NC(=O)Nc1ccccc1)c1ccc(C)c(NC(=O)c2cnc3ccccn23)c1. The predicted octanol–water partition coefficient (Wildman–Crippen LogP) is 5.17. The van der Waals surface area contributed by atoms with E-state index in [-0.39, 0.29) is 18.0 Å². The van der Waals surface area contributed by atoms with E-state index in [1.165, 1.54) is 0 Å². The second kappa shape index (κ2) is 9.34. The van der Waals surface area contributed by atoms with Crippen LogP contribution in [0.25, 0.3) is 5.65 Å². The highest BCUT2D eigenvalue weighted by Crippen LogP contribution is 2.24. The van der Waals surface area contributed by atoms with E-state index in [4.69, 9.17) is 0 Å². The zero-order chi connectivity index (χ0) is 22.5. The molecule has 0 saturated carbocycles. The molecule has 0 radical (unpaired) electrons. The van der Waals surface area contributed by atoms with E-state index >= 15 is 0 Å². The first-order chi connectivity index (χ1) is 15.5. The maximum atomic E-state index is 12.9. The van der Waals surface area contributed by atoms with E-state index in [2.05, 4.69) is 20.9 Å². The number of amides is 3.